The van der Waals surface area contributed by atoms with Crippen LogP contribution in [0.3, 0.4) is 0 Å². The third-order valence-corrected chi connectivity index (χ3v) is 6.71. The van der Waals surface area contributed by atoms with Gasteiger partial charge in [0, 0.05) is 12.8 Å². The maximum atomic E-state index is 13.5. The van der Waals surface area contributed by atoms with Crippen LogP contribution in [-0.2, 0) is 28.6 Å². The Bertz CT molecular complexity index is 654. The number of fused-ring (bicyclic) bond motifs is 2. The molecular weight excluding hydrogens is 386 g/mol. The highest BCUT2D eigenvalue weighted by Gasteiger charge is 2.64. The molecule has 3 rings (SSSR count). The lowest BCUT2D eigenvalue weighted by Crippen LogP contribution is -2.51. The first-order chi connectivity index (χ1) is 13.5. The quantitative estimate of drug-likeness (QED) is 0.618. The van der Waals surface area contributed by atoms with Gasteiger partial charge in [0.05, 0.1) is 23.9 Å². The van der Waals surface area contributed by atoms with Gasteiger partial charge in [-0.25, -0.2) is 8.78 Å². The minimum atomic E-state index is -3.21. The maximum absolute atomic E-state index is 13.5. The number of hydrogen-bond acceptors (Lipinski definition) is 6. The van der Waals surface area contributed by atoms with E-state index in [9.17, 15) is 23.2 Å². The monoisotopic (exact) mass is 416 g/mol. The van der Waals surface area contributed by atoms with Gasteiger partial charge in [-0.15, -0.1) is 0 Å². The van der Waals surface area contributed by atoms with E-state index >= 15 is 0 Å². The second kappa shape index (κ2) is 8.28. The number of esters is 2. The number of halogens is 2. The van der Waals surface area contributed by atoms with Crippen LogP contribution in [0.15, 0.2) is 0 Å². The molecule has 0 aromatic heterocycles. The predicted octanol–water partition coefficient (Wildman–Crippen LogP) is 3.30. The first-order valence-corrected chi connectivity index (χ1v) is 10.5. The average molecular weight is 416 g/mol. The molecule has 0 aromatic carbocycles. The molecule has 0 radical (unpaired) electrons. The van der Waals surface area contributed by atoms with Crippen LogP contribution in [0.5, 0.6) is 0 Å². The molecule has 2 heterocycles. The number of ether oxygens (including phenoxy) is 3. The van der Waals surface area contributed by atoms with E-state index in [0.717, 1.165) is 39.0 Å². The van der Waals surface area contributed by atoms with Gasteiger partial charge in [0.25, 0.3) is 5.92 Å². The molecule has 2 bridgehead atoms. The van der Waals surface area contributed by atoms with Crippen molar-refractivity contribution < 1.29 is 37.4 Å². The molecule has 0 N–H and O–H groups in total. The summed E-state index contributed by atoms with van der Waals surface area (Å²) in [6.45, 7) is 4.95. The van der Waals surface area contributed by atoms with Crippen molar-refractivity contribution in [3.8, 4) is 0 Å². The van der Waals surface area contributed by atoms with Crippen LogP contribution in [0.2, 0.25) is 0 Å². The van der Waals surface area contributed by atoms with Crippen molar-refractivity contribution in [2.75, 3.05) is 0 Å². The number of hydrogen-bond donors (Lipinski definition) is 0. The van der Waals surface area contributed by atoms with Gasteiger partial charge in [-0.3, -0.25) is 14.4 Å². The van der Waals surface area contributed by atoms with Gasteiger partial charge in [0.1, 0.15) is 18.0 Å². The Balaban J connectivity index is 1.75. The van der Waals surface area contributed by atoms with Crippen molar-refractivity contribution in [3.63, 3.8) is 0 Å². The largest absolute Gasteiger partial charge is 0.459 e. The molecule has 3 fully saturated rings. The van der Waals surface area contributed by atoms with E-state index in [-0.39, 0.29) is 23.6 Å². The molecule has 1 saturated carbocycles. The van der Waals surface area contributed by atoms with Gasteiger partial charge in [0.2, 0.25) is 0 Å². The lowest BCUT2D eigenvalue weighted by Gasteiger charge is -2.35. The Morgan fingerprint density at radius 2 is 1.66 bits per heavy atom. The van der Waals surface area contributed by atoms with Crippen LogP contribution >= 0.6 is 0 Å². The van der Waals surface area contributed by atoms with Gasteiger partial charge in [-0.2, -0.15) is 0 Å². The lowest BCUT2D eigenvalue weighted by atomic mass is 9.71. The average Bonchev–Trinajstić information content (AvgIpc) is 3.18. The lowest BCUT2D eigenvalue weighted by molar-refractivity contribution is -0.181. The molecule has 2 aliphatic heterocycles. The summed E-state index contributed by atoms with van der Waals surface area (Å²) in [6.07, 6.45) is 0.825. The standard InChI is InChI=1S/C21H30F2O6/c1-10-16-14(11(2)24)15(20(26)27-12(3)21(4,22)23)18(28-16)17(10)29-19(25)13-8-6-5-7-9-13/h10,12-18H,5-9H2,1-4H3. The van der Waals surface area contributed by atoms with Gasteiger partial charge in [-0.05, 0) is 26.7 Å². The molecule has 2 saturated heterocycles. The van der Waals surface area contributed by atoms with Gasteiger partial charge >= 0.3 is 11.9 Å². The second-order valence-electron chi connectivity index (χ2n) is 8.86. The third-order valence-electron chi connectivity index (χ3n) is 6.71. The highest BCUT2D eigenvalue weighted by molar-refractivity contribution is 5.87. The Morgan fingerprint density at radius 1 is 1.03 bits per heavy atom. The van der Waals surface area contributed by atoms with Crippen LogP contribution in [0, 0.1) is 23.7 Å². The molecule has 7 unspecified atom stereocenters. The van der Waals surface area contributed by atoms with E-state index < -0.39 is 48.1 Å². The number of carbonyl (C=O) groups excluding carboxylic acids is 3. The smallest absolute Gasteiger partial charge is 0.313 e. The van der Waals surface area contributed by atoms with Crippen molar-refractivity contribution in [1.82, 2.24) is 0 Å². The Morgan fingerprint density at radius 3 is 2.21 bits per heavy atom. The molecule has 1 aliphatic carbocycles. The molecule has 29 heavy (non-hydrogen) atoms. The summed E-state index contributed by atoms with van der Waals surface area (Å²) >= 11 is 0. The first kappa shape index (κ1) is 22.1. The Labute approximate surface area is 169 Å². The fourth-order valence-corrected chi connectivity index (χ4v) is 4.84. The van der Waals surface area contributed by atoms with E-state index in [1.165, 1.54) is 6.92 Å². The van der Waals surface area contributed by atoms with Crippen LogP contribution in [0.25, 0.3) is 0 Å². The fourth-order valence-electron chi connectivity index (χ4n) is 4.84. The van der Waals surface area contributed by atoms with Gasteiger partial charge < -0.3 is 14.2 Å². The summed E-state index contributed by atoms with van der Waals surface area (Å²) in [7, 11) is 0. The van der Waals surface area contributed by atoms with Gasteiger partial charge in [0.15, 0.2) is 6.10 Å². The number of ketones is 1. The van der Waals surface area contributed by atoms with Crippen molar-refractivity contribution in [2.24, 2.45) is 23.7 Å². The highest BCUT2D eigenvalue weighted by atomic mass is 19.3. The summed E-state index contributed by atoms with van der Waals surface area (Å²) in [5.41, 5.74) is 0. The van der Waals surface area contributed by atoms with Crippen LogP contribution in [-0.4, -0.2) is 48.1 Å². The van der Waals surface area contributed by atoms with Gasteiger partial charge in [-0.1, -0.05) is 26.2 Å². The summed E-state index contributed by atoms with van der Waals surface area (Å²) in [5, 5.41) is 0. The molecule has 0 spiro atoms. The van der Waals surface area contributed by atoms with E-state index in [2.05, 4.69) is 0 Å². The number of carbonyl (C=O) groups is 3. The van der Waals surface area contributed by atoms with Crippen LogP contribution in [0.4, 0.5) is 8.78 Å². The normalized spacial score (nSPS) is 35.9. The van der Waals surface area contributed by atoms with E-state index in [1.807, 2.05) is 6.92 Å². The molecule has 3 aliphatic rings. The summed E-state index contributed by atoms with van der Waals surface area (Å²) in [6, 6.07) is 0. The molecular formula is C21H30F2O6. The highest BCUT2D eigenvalue weighted by Crippen LogP contribution is 2.49. The molecule has 0 amide bonds. The van der Waals surface area contributed by atoms with E-state index in [1.54, 1.807) is 0 Å². The SMILES string of the molecule is CC(=O)C1C2OC(C(OC(=O)C3CCCCC3)C2C)C1C(=O)OC(C)C(C)(F)F. The third kappa shape index (κ3) is 4.32. The first-order valence-electron chi connectivity index (χ1n) is 10.5. The summed E-state index contributed by atoms with van der Waals surface area (Å²) < 4.78 is 43.6. The predicted molar refractivity (Wildman–Crippen MR) is 98.1 cm³/mol. The molecule has 8 heteroatoms. The fraction of sp³-hybridized carbons (Fsp3) is 0.857. The zero-order valence-corrected chi connectivity index (χ0v) is 17.4. The second-order valence-corrected chi connectivity index (χ2v) is 8.86. The number of alkyl halides is 2. The minimum Gasteiger partial charge on any atom is -0.459 e. The topological polar surface area (TPSA) is 78.9 Å². The zero-order valence-electron chi connectivity index (χ0n) is 17.4. The number of Topliss-reactive ketones (excluding diaryl/α,β-unsaturated/α-hetero) is 1. The van der Waals surface area contributed by atoms with Crippen molar-refractivity contribution in [3.05, 3.63) is 0 Å². The Hall–Kier alpha value is -1.57. The van der Waals surface area contributed by atoms with Crippen LogP contribution < -0.4 is 0 Å². The van der Waals surface area contributed by atoms with Crippen molar-refractivity contribution >= 4 is 17.7 Å². The van der Waals surface area contributed by atoms with Crippen LogP contribution in [0.1, 0.15) is 59.8 Å². The van der Waals surface area contributed by atoms with Crippen molar-refractivity contribution in [1.29, 1.82) is 0 Å². The van der Waals surface area contributed by atoms with E-state index in [0.29, 0.717) is 6.92 Å². The number of rotatable bonds is 6. The molecule has 6 nitrogen and oxygen atoms in total. The van der Waals surface area contributed by atoms with Crippen molar-refractivity contribution in [2.45, 2.75) is 90.1 Å². The zero-order chi connectivity index (χ0) is 21.5. The maximum Gasteiger partial charge on any atom is 0.313 e. The molecule has 164 valence electrons. The minimum absolute atomic E-state index is 0.164. The molecule has 0 aromatic rings. The summed E-state index contributed by atoms with van der Waals surface area (Å²) in [5.74, 6) is -6.96. The molecule has 7 atom stereocenters. The summed E-state index contributed by atoms with van der Waals surface area (Å²) in [4.78, 5) is 37.5. The Kier molecular flexibility index (Phi) is 6.32. The van der Waals surface area contributed by atoms with E-state index in [4.69, 9.17) is 14.2 Å².